The Morgan fingerprint density at radius 2 is 2.10 bits per heavy atom. The van der Waals surface area contributed by atoms with Gasteiger partial charge in [0.05, 0.1) is 4.21 Å². The van der Waals surface area contributed by atoms with Crippen LogP contribution in [0.2, 0.25) is 5.02 Å². The Bertz CT molecular complexity index is 673. The highest BCUT2D eigenvalue weighted by molar-refractivity contribution is 8.00. The molecule has 0 saturated carbocycles. The molecule has 0 amide bonds. The second-order valence-corrected chi connectivity index (χ2v) is 8.02. The number of benzene rings is 1. The van der Waals surface area contributed by atoms with Crippen LogP contribution < -0.4 is 0 Å². The zero-order chi connectivity index (χ0) is 14.8. The van der Waals surface area contributed by atoms with Crippen molar-refractivity contribution in [3.8, 4) is 0 Å². The number of fused-ring (bicyclic) bond motifs is 2. The van der Waals surface area contributed by atoms with Gasteiger partial charge in [-0.2, -0.15) is 0 Å². The van der Waals surface area contributed by atoms with E-state index in [2.05, 4.69) is 48.7 Å². The minimum absolute atomic E-state index is 0.816. The van der Waals surface area contributed by atoms with Gasteiger partial charge in [-0.25, -0.2) is 0 Å². The van der Waals surface area contributed by atoms with Gasteiger partial charge in [0.15, 0.2) is 0 Å². The first-order valence-electron chi connectivity index (χ1n) is 6.99. The van der Waals surface area contributed by atoms with Gasteiger partial charge in [0.1, 0.15) is 0 Å². The molecule has 0 fully saturated rings. The molecule has 21 heavy (non-hydrogen) atoms. The maximum Gasteiger partial charge on any atom is 0.0680 e. The van der Waals surface area contributed by atoms with Gasteiger partial charge in [-0.1, -0.05) is 23.7 Å². The maximum atomic E-state index is 6.24. The topological polar surface area (TPSA) is 3.24 Å². The molecule has 0 atom stereocenters. The lowest BCUT2D eigenvalue weighted by atomic mass is 9.95. The molecule has 1 aromatic heterocycles. The molecule has 0 radical (unpaired) electrons. The summed E-state index contributed by atoms with van der Waals surface area (Å²) < 4.78 is 1.42. The van der Waals surface area contributed by atoms with Gasteiger partial charge in [-0.05, 0) is 60.8 Å². The first-order valence-corrected chi connectivity index (χ1v) is 9.24. The summed E-state index contributed by atoms with van der Waals surface area (Å²) in [6.45, 7) is 1.06. The predicted molar refractivity (Wildman–Crippen MR) is 95.6 cm³/mol. The Labute approximate surface area is 139 Å². The molecule has 1 aliphatic rings. The lowest BCUT2D eigenvalue weighted by molar-refractivity contribution is 0.417. The fourth-order valence-electron chi connectivity index (χ4n) is 2.51. The summed E-state index contributed by atoms with van der Waals surface area (Å²) in [5.41, 5.74) is 5.38. The van der Waals surface area contributed by atoms with Crippen molar-refractivity contribution in [3.05, 3.63) is 57.4 Å². The number of halogens is 1. The monoisotopic (exact) mass is 335 g/mol. The molecule has 0 bridgehead atoms. The Kier molecular flexibility index (Phi) is 4.75. The molecule has 0 aliphatic carbocycles. The Morgan fingerprint density at radius 1 is 1.24 bits per heavy atom. The van der Waals surface area contributed by atoms with E-state index in [0.717, 1.165) is 23.7 Å². The van der Waals surface area contributed by atoms with E-state index in [4.69, 9.17) is 11.6 Å². The van der Waals surface area contributed by atoms with E-state index in [1.807, 2.05) is 29.2 Å². The van der Waals surface area contributed by atoms with Gasteiger partial charge >= 0.3 is 0 Å². The van der Waals surface area contributed by atoms with E-state index in [1.54, 1.807) is 0 Å². The van der Waals surface area contributed by atoms with Crippen molar-refractivity contribution in [3.63, 3.8) is 0 Å². The van der Waals surface area contributed by atoms with Crippen LogP contribution >= 0.6 is 34.7 Å². The summed E-state index contributed by atoms with van der Waals surface area (Å²) >= 11 is 10.0. The second kappa shape index (κ2) is 6.57. The molecule has 2 aromatic rings. The summed E-state index contributed by atoms with van der Waals surface area (Å²) in [5, 5.41) is 3.00. The van der Waals surface area contributed by atoms with Crippen LogP contribution in [0.1, 0.15) is 23.1 Å². The van der Waals surface area contributed by atoms with E-state index in [0.29, 0.717) is 0 Å². The van der Waals surface area contributed by atoms with Gasteiger partial charge in [-0.3, -0.25) is 0 Å². The van der Waals surface area contributed by atoms with Crippen molar-refractivity contribution in [2.24, 2.45) is 0 Å². The highest BCUT2D eigenvalue weighted by Gasteiger charge is 2.19. The molecule has 3 rings (SSSR count). The average Bonchev–Trinajstić information content (AvgIpc) is 2.85. The third-order valence-corrected chi connectivity index (χ3v) is 6.09. The Hall–Kier alpha value is -0.740. The maximum absolute atomic E-state index is 6.24. The number of hydrogen-bond donors (Lipinski definition) is 0. The quantitative estimate of drug-likeness (QED) is 0.739. The zero-order valence-electron chi connectivity index (χ0n) is 12.2. The highest BCUT2D eigenvalue weighted by Crippen LogP contribution is 2.43. The molecule has 1 aliphatic heterocycles. The van der Waals surface area contributed by atoms with Crippen LogP contribution in [0.25, 0.3) is 5.57 Å². The molecular weight excluding hydrogens is 318 g/mol. The van der Waals surface area contributed by atoms with Crippen LogP contribution in [0.4, 0.5) is 0 Å². The van der Waals surface area contributed by atoms with Crippen LogP contribution in [0.5, 0.6) is 0 Å². The molecule has 0 saturated heterocycles. The first kappa shape index (κ1) is 15.2. The lowest BCUT2D eigenvalue weighted by Gasteiger charge is -2.12. The van der Waals surface area contributed by atoms with Crippen LogP contribution in [-0.4, -0.2) is 25.5 Å². The third-order valence-electron chi connectivity index (χ3n) is 3.57. The molecule has 4 heteroatoms. The van der Waals surface area contributed by atoms with Crippen molar-refractivity contribution in [2.45, 2.75) is 16.4 Å². The minimum atomic E-state index is 0.816. The number of hydrogen-bond acceptors (Lipinski definition) is 3. The van der Waals surface area contributed by atoms with Crippen molar-refractivity contribution in [2.75, 3.05) is 20.6 Å². The highest BCUT2D eigenvalue weighted by atomic mass is 35.5. The molecule has 1 nitrogen and oxygen atoms in total. The first-order chi connectivity index (χ1) is 10.1. The van der Waals surface area contributed by atoms with Crippen molar-refractivity contribution in [1.29, 1.82) is 0 Å². The minimum Gasteiger partial charge on any atom is -0.309 e. The van der Waals surface area contributed by atoms with E-state index >= 15 is 0 Å². The van der Waals surface area contributed by atoms with Crippen LogP contribution in [0.3, 0.4) is 0 Å². The molecule has 1 aromatic carbocycles. The van der Waals surface area contributed by atoms with Crippen molar-refractivity contribution >= 4 is 40.3 Å². The van der Waals surface area contributed by atoms with Crippen molar-refractivity contribution in [1.82, 2.24) is 4.90 Å². The Morgan fingerprint density at radius 3 is 2.90 bits per heavy atom. The summed E-state index contributed by atoms with van der Waals surface area (Å²) in [5.74, 6) is 1.02. The number of thiophene rings is 1. The van der Waals surface area contributed by atoms with E-state index < -0.39 is 0 Å². The van der Waals surface area contributed by atoms with Gasteiger partial charge in [0.25, 0.3) is 0 Å². The number of thioether (sulfide) groups is 1. The van der Waals surface area contributed by atoms with E-state index in [9.17, 15) is 0 Å². The smallest absolute Gasteiger partial charge is 0.0680 e. The third kappa shape index (κ3) is 3.37. The summed E-state index contributed by atoms with van der Waals surface area (Å²) in [6.07, 6.45) is 3.42. The van der Waals surface area contributed by atoms with Crippen molar-refractivity contribution < 1.29 is 0 Å². The normalized spacial score (nSPS) is 15.9. The lowest BCUT2D eigenvalue weighted by Crippen LogP contribution is -2.12. The SMILES string of the molecule is CN(C)CCC=C1c2cc(Cl)ccc2CSc2sccc21. The largest absolute Gasteiger partial charge is 0.309 e. The number of nitrogens with zero attached hydrogens (tertiary/aromatic N) is 1. The van der Waals surface area contributed by atoms with Gasteiger partial charge < -0.3 is 4.90 Å². The standard InChI is InChI=1S/C17H18ClNS2/c1-19(2)8-3-4-14-15-7-9-20-17(15)21-11-12-5-6-13(18)10-16(12)14/h4-7,9-10H,3,8,11H2,1-2H3. The van der Waals surface area contributed by atoms with E-state index in [-0.39, 0.29) is 0 Å². The summed E-state index contributed by atoms with van der Waals surface area (Å²) in [6, 6.07) is 8.52. The number of rotatable bonds is 3. The second-order valence-electron chi connectivity index (χ2n) is 5.42. The average molecular weight is 336 g/mol. The van der Waals surface area contributed by atoms with Gasteiger partial charge in [0.2, 0.25) is 0 Å². The molecule has 0 unspecified atom stereocenters. The zero-order valence-corrected chi connectivity index (χ0v) is 14.6. The fraction of sp³-hybridized carbons (Fsp3) is 0.294. The van der Waals surface area contributed by atoms with Crippen LogP contribution in [0, 0.1) is 0 Å². The van der Waals surface area contributed by atoms with E-state index in [1.165, 1.54) is 26.5 Å². The molecular formula is C17H18ClNS2. The predicted octanol–water partition coefficient (Wildman–Crippen LogP) is 5.39. The van der Waals surface area contributed by atoms with Gasteiger partial charge in [-0.15, -0.1) is 23.1 Å². The Balaban J connectivity index is 2.06. The summed E-state index contributed by atoms with van der Waals surface area (Å²) in [4.78, 5) is 2.22. The van der Waals surface area contributed by atoms with Crippen LogP contribution in [0.15, 0.2) is 39.9 Å². The molecule has 0 spiro atoms. The molecule has 0 N–H and O–H groups in total. The molecule has 2 heterocycles. The molecule has 110 valence electrons. The van der Waals surface area contributed by atoms with Gasteiger partial charge in [0, 0.05) is 22.9 Å². The fourth-order valence-corrected chi connectivity index (χ4v) is 4.80. The summed E-state index contributed by atoms with van der Waals surface area (Å²) in [7, 11) is 4.23. The van der Waals surface area contributed by atoms with Crippen LogP contribution in [-0.2, 0) is 5.75 Å².